The molecule has 2 N–H and O–H groups in total. The molecular formula is C18H18Cl2N2O6. The first-order valence-corrected chi connectivity index (χ1v) is 9.32. The smallest absolute Gasteiger partial charge is 0.334 e. The van der Waals surface area contributed by atoms with Crippen LogP contribution in [-0.4, -0.2) is 50.4 Å². The average molecular weight is 429 g/mol. The van der Waals surface area contributed by atoms with Crippen LogP contribution >= 0.6 is 23.2 Å². The summed E-state index contributed by atoms with van der Waals surface area (Å²) in [5.74, 6) is -2.47. The van der Waals surface area contributed by atoms with Gasteiger partial charge in [0.2, 0.25) is 0 Å². The van der Waals surface area contributed by atoms with Gasteiger partial charge in [0.25, 0.3) is 0 Å². The van der Waals surface area contributed by atoms with Gasteiger partial charge in [0.15, 0.2) is 0 Å². The standard InChI is InChI=1S/C18H18Cl2N2O6/c19-12-2-1-11(9-13(12)20)18(5-6-21-7-8-26-18)10-22-16(25)17-27-14(23)3-4-15(24)28-17/h1-4,9,17,21H,5-8,10H2,(H,22,25)/t18-/m1/s1. The quantitative estimate of drug-likeness (QED) is 0.696. The summed E-state index contributed by atoms with van der Waals surface area (Å²) in [4.78, 5) is 35.4. The SMILES string of the molecule is O=C1C=CC(=O)OC(C(=O)NC[C@@]2(c3ccc(Cl)c(Cl)c3)CCNCCO2)O1. The van der Waals surface area contributed by atoms with Gasteiger partial charge in [0.05, 0.1) is 23.2 Å². The zero-order valence-electron chi connectivity index (χ0n) is 14.7. The summed E-state index contributed by atoms with van der Waals surface area (Å²) in [5.41, 5.74) is -0.146. The highest BCUT2D eigenvalue weighted by molar-refractivity contribution is 6.42. The van der Waals surface area contributed by atoms with E-state index < -0.39 is 29.7 Å². The fourth-order valence-electron chi connectivity index (χ4n) is 2.92. The van der Waals surface area contributed by atoms with E-state index in [2.05, 4.69) is 10.6 Å². The van der Waals surface area contributed by atoms with Gasteiger partial charge in [0, 0.05) is 18.7 Å². The van der Waals surface area contributed by atoms with Crippen molar-refractivity contribution in [2.75, 3.05) is 26.2 Å². The van der Waals surface area contributed by atoms with Gasteiger partial charge in [-0.3, -0.25) is 4.79 Å². The summed E-state index contributed by atoms with van der Waals surface area (Å²) in [6.07, 6.45) is 0.654. The number of carbonyl (C=O) groups is 3. The van der Waals surface area contributed by atoms with E-state index in [4.69, 9.17) is 37.4 Å². The van der Waals surface area contributed by atoms with Crippen molar-refractivity contribution in [3.63, 3.8) is 0 Å². The highest BCUT2D eigenvalue weighted by Gasteiger charge is 2.37. The number of carbonyl (C=O) groups excluding carboxylic acids is 3. The highest BCUT2D eigenvalue weighted by atomic mass is 35.5. The molecule has 0 bridgehead atoms. The van der Waals surface area contributed by atoms with Gasteiger partial charge in [-0.1, -0.05) is 29.3 Å². The van der Waals surface area contributed by atoms with Gasteiger partial charge in [-0.15, -0.1) is 0 Å². The van der Waals surface area contributed by atoms with Crippen molar-refractivity contribution in [2.45, 2.75) is 18.3 Å². The van der Waals surface area contributed by atoms with Crippen LogP contribution in [0.25, 0.3) is 0 Å². The van der Waals surface area contributed by atoms with Gasteiger partial charge in [0.1, 0.15) is 5.60 Å². The minimum absolute atomic E-state index is 0.0461. The first kappa shape index (κ1) is 20.6. The molecule has 3 rings (SSSR count). The van der Waals surface area contributed by atoms with Crippen molar-refractivity contribution in [3.05, 3.63) is 46.0 Å². The first-order valence-electron chi connectivity index (χ1n) is 8.57. The Labute approximate surface area is 171 Å². The molecule has 28 heavy (non-hydrogen) atoms. The Hall–Kier alpha value is -2.13. The number of nitrogens with one attached hydrogen (secondary N) is 2. The molecular weight excluding hydrogens is 411 g/mol. The van der Waals surface area contributed by atoms with Crippen molar-refractivity contribution >= 4 is 41.0 Å². The second-order valence-corrected chi connectivity index (χ2v) is 7.04. The zero-order chi connectivity index (χ0) is 20.1. The van der Waals surface area contributed by atoms with Gasteiger partial charge >= 0.3 is 24.1 Å². The molecule has 0 aliphatic carbocycles. The fraction of sp³-hybridized carbons (Fsp3) is 0.389. The third-order valence-corrected chi connectivity index (χ3v) is 5.11. The predicted octanol–water partition coefficient (Wildman–Crippen LogP) is 1.30. The number of benzene rings is 1. The maximum Gasteiger partial charge on any atom is 0.334 e. The number of cyclic esters (lactones) is 2. The van der Waals surface area contributed by atoms with Crippen molar-refractivity contribution in [3.8, 4) is 0 Å². The molecule has 2 aliphatic rings. The Morgan fingerprint density at radius 1 is 1.14 bits per heavy atom. The van der Waals surface area contributed by atoms with Crippen LogP contribution < -0.4 is 10.6 Å². The van der Waals surface area contributed by atoms with E-state index in [0.717, 1.165) is 17.7 Å². The lowest BCUT2D eigenvalue weighted by Crippen LogP contribution is -2.47. The Kier molecular flexibility index (Phi) is 6.56. The highest BCUT2D eigenvalue weighted by Crippen LogP contribution is 2.34. The summed E-state index contributed by atoms with van der Waals surface area (Å²) in [5, 5.41) is 6.64. The van der Waals surface area contributed by atoms with Crippen molar-refractivity contribution < 1.29 is 28.6 Å². The second kappa shape index (κ2) is 8.91. The molecule has 0 unspecified atom stereocenters. The van der Waals surface area contributed by atoms with Gasteiger partial charge in [-0.05, 0) is 30.7 Å². The predicted molar refractivity (Wildman–Crippen MR) is 99.7 cm³/mol. The largest absolute Gasteiger partial charge is 0.412 e. The maximum atomic E-state index is 12.5. The van der Waals surface area contributed by atoms with E-state index in [9.17, 15) is 14.4 Å². The minimum atomic E-state index is -1.68. The molecule has 1 fully saturated rings. The lowest BCUT2D eigenvalue weighted by molar-refractivity contribution is -0.185. The Morgan fingerprint density at radius 3 is 2.54 bits per heavy atom. The number of rotatable bonds is 4. The van der Waals surface area contributed by atoms with Crippen LogP contribution in [0.4, 0.5) is 0 Å². The molecule has 0 aromatic heterocycles. The summed E-state index contributed by atoms with van der Waals surface area (Å²) < 4.78 is 15.7. The van der Waals surface area contributed by atoms with Crippen LogP contribution in [0, 0.1) is 0 Å². The average Bonchev–Trinajstić information content (AvgIpc) is 3.01. The van der Waals surface area contributed by atoms with Crippen LogP contribution in [0.2, 0.25) is 10.0 Å². The van der Waals surface area contributed by atoms with Crippen LogP contribution in [0.1, 0.15) is 12.0 Å². The first-order chi connectivity index (χ1) is 13.4. The molecule has 2 aliphatic heterocycles. The van der Waals surface area contributed by atoms with E-state index in [0.29, 0.717) is 36.2 Å². The monoisotopic (exact) mass is 428 g/mol. The topological polar surface area (TPSA) is 103 Å². The third-order valence-electron chi connectivity index (χ3n) is 4.37. The van der Waals surface area contributed by atoms with E-state index in [-0.39, 0.29) is 6.54 Å². The van der Waals surface area contributed by atoms with Crippen molar-refractivity contribution in [2.24, 2.45) is 0 Å². The van der Waals surface area contributed by atoms with Gasteiger partial charge in [-0.25, -0.2) is 9.59 Å². The fourth-order valence-corrected chi connectivity index (χ4v) is 3.22. The Balaban J connectivity index is 1.78. The number of hydrogen-bond acceptors (Lipinski definition) is 7. The van der Waals surface area contributed by atoms with E-state index >= 15 is 0 Å². The molecule has 8 nitrogen and oxygen atoms in total. The van der Waals surface area contributed by atoms with Crippen LogP contribution in [0.3, 0.4) is 0 Å². The normalized spacial score (nSPS) is 23.4. The van der Waals surface area contributed by atoms with E-state index in [1.807, 2.05) is 0 Å². The number of ether oxygens (including phenoxy) is 3. The van der Waals surface area contributed by atoms with E-state index in [1.54, 1.807) is 18.2 Å². The lowest BCUT2D eigenvalue weighted by atomic mass is 9.89. The van der Waals surface area contributed by atoms with E-state index in [1.165, 1.54) is 0 Å². The molecule has 0 saturated carbocycles. The molecule has 1 saturated heterocycles. The molecule has 0 radical (unpaired) electrons. The molecule has 10 heteroatoms. The summed E-state index contributed by atoms with van der Waals surface area (Å²) in [6, 6.07) is 5.13. The van der Waals surface area contributed by atoms with Crippen molar-refractivity contribution in [1.82, 2.24) is 10.6 Å². The van der Waals surface area contributed by atoms with Gasteiger partial charge < -0.3 is 24.8 Å². The molecule has 1 aromatic rings. The number of halogens is 2. The number of esters is 2. The molecule has 1 aromatic carbocycles. The second-order valence-electron chi connectivity index (χ2n) is 6.23. The van der Waals surface area contributed by atoms with Crippen LogP contribution in [0.15, 0.2) is 30.4 Å². The Morgan fingerprint density at radius 2 is 1.86 bits per heavy atom. The van der Waals surface area contributed by atoms with Crippen molar-refractivity contribution in [1.29, 1.82) is 0 Å². The molecule has 2 heterocycles. The van der Waals surface area contributed by atoms with Crippen LogP contribution in [0.5, 0.6) is 0 Å². The zero-order valence-corrected chi connectivity index (χ0v) is 16.2. The number of amides is 1. The molecule has 150 valence electrons. The maximum absolute atomic E-state index is 12.5. The Bertz CT molecular complexity index is 785. The minimum Gasteiger partial charge on any atom is -0.412 e. The molecule has 0 spiro atoms. The third kappa shape index (κ3) is 4.82. The summed E-state index contributed by atoms with van der Waals surface area (Å²) >= 11 is 12.2. The molecule has 1 amide bonds. The number of hydrogen-bond donors (Lipinski definition) is 2. The molecule has 1 atom stereocenters. The summed E-state index contributed by atoms with van der Waals surface area (Å²) in [7, 11) is 0. The summed E-state index contributed by atoms with van der Waals surface area (Å²) in [6.45, 7) is 1.76. The van der Waals surface area contributed by atoms with Gasteiger partial charge in [-0.2, -0.15) is 0 Å². The van der Waals surface area contributed by atoms with Crippen LogP contribution in [-0.2, 0) is 34.2 Å². The lowest BCUT2D eigenvalue weighted by Gasteiger charge is -2.33.